The van der Waals surface area contributed by atoms with E-state index in [9.17, 15) is 28.8 Å². The maximum Gasteiger partial charge on any atom is 0.398 e. The second-order valence-corrected chi connectivity index (χ2v) is 16.5. The molecule has 0 bridgehead atoms. The number of carbonyl (C=O) groups excluding carboxylic acids is 6. The molecule has 0 aliphatic carbocycles. The van der Waals surface area contributed by atoms with Gasteiger partial charge in [0.25, 0.3) is 0 Å². The molecular formula is C52H58N4O8. The highest BCUT2D eigenvalue weighted by molar-refractivity contribution is 6.40. The SMILES string of the molecule is CCc1cc(CC(NC(C)=O)C(=O)NCCCCC(=O)NC(C)c2ccccc2)ccc1N(C(=O)C(=O)OC(C)(C)C)c1ccccc1C(=O)OC(c1ccccc1)c1ccccc1. The van der Waals surface area contributed by atoms with Gasteiger partial charge in [-0.1, -0.05) is 122 Å². The van der Waals surface area contributed by atoms with Crippen LogP contribution in [0.4, 0.5) is 11.4 Å². The minimum absolute atomic E-state index is 0.0344. The van der Waals surface area contributed by atoms with E-state index >= 15 is 0 Å². The van der Waals surface area contributed by atoms with Crippen LogP contribution in [0.1, 0.15) is 111 Å². The topological polar surface area (TPSA) is 160 Å². The normalized spacial score (nSPS) is 12.0. The van der Waals surface area contributed by atoms with E-state index in [-0.39, 0.29) is 29.6 Å². The molecule has 0 fully saturated rings. The Morgan fingerprint density at radius 3 is 1.84 bits per heavy atom. The first-order valence-corrected chi connectivity index (χ1v) is 21.6. The Balaban J connectivity index is 1.37. The Morgan fingerprint density at radius 2 is 1.27 bits per heavy atom. The van der Waals surface area contributed by atoms with Crippen molar-refractivity contribution in [1.29, 1.82) is 0 Å². The number of esters is 2. The van der Waals surface area contributed by atoms with Crippen LogP contribution >= 0.6 is 0 Å². The predicted molar refractivity (Wildman–Crippen MR) is 247 cm³/mol. The average molecular weight is 867 g/mol. The van der Waals surface area contributed by atoms with Gasteiger partial charge in [0.1, 0.15) is 11.6 Å². The van der Waals surface area contributed by atoms with Crippen molar-refractivity contribution in [3.05, 3.63) is 167 Å². The van der Waals surface area contributed by atoms with Gasteiger partial charge in [-0.05, 0) is 93.0 Å². The summed E-state index contributed by atoms with van der Waals surface area (Å²) >= 11 is 0. The minimum Gasteiger partial charge on any atom is -0.453 e. The largest absolute Gasteiger partial charge is 0.453 e. The monoisotopic (exact) mass is 866 g/mol. The summed E-state index contributed by atoms with van der Waals surface area (Å²) in [6.07, 6.45) is 1.12. The molecule has 12 nitrogen and oxygen atoms in total. The summed E-state index contributed by atoms with van der Waals surface area (Å²) in [5, 5.41) is 8.64. The van der Waals surface area contributed by atoms with Crippen molar-refractivity contribution >= 4 is 46.9 Å². The predicted octanol–water partition coefficient (Wildman–Crippen LogP) is 8.41. The molecule has 0 heterocycles. The first-order valence-electron chi connectivity index (χ1n) is 21.6. The molecule has 64 heavy (non-hydrogen) atoms. The lowest BCUT2D eigenvalue weighted by molar-refractivity contribution is -0.162. The molecule has 0 spiro atoms. The van der Waals surface area contributed by atoms with E-state index in [1.807, 2.05) is 111 Å². The Labute approximate surface area is 375 Å². The first kappa shape index (κ1) is 48.0. The molecule has 2 atom stereocenters. The number of rotatable bonds is 18. The summed E-state index contributed by atoms with van der Waals surface area (Å²) in [5.74, 6) is -3.75. The zero-order chi connectivity index (χ0) is 46.2. The van der Waals surface area contributed by atoms with Crippen LogP contribution < -0.4 is 20.9 Å². The molecule has 0 aliphatic heterocycles. The Hall–Kier alpha value is -7.08. The second-order valence-electron chi connectivity index (χ2n) is 16.5. The van der Waals surface area contributed by atoms with E-state index in [4.69, 9.17) is 9.47 Å². The standard InChI is InChI=1S/C52H58N4O8/c1-7-38-33-37(34-43(55-36(3)57)48(59)53-32-20-19-29-46(58)54-35(2)39-21-11-8-12-22-39)30-31-44(38)56(49(60)51(62)64-52(4,5)6)45-28-18-17-27-42(45)50(61)63-47(40-23-13-9-14-24-40)41-25-15-10-16-26-41/h8-18,21-28,30-31,33,35,43,47H,7,19-20,29,32,34H2,1-6H3,(H,53,59)(H,54,58)(H,55,57). The van der Waals surface area contributed by atoms with Crippen LogP contribution in [0, 0.1) is 0 Å². The Morgan fingerprint density at radius 1 is 0.688 bits per heavy atom. The highest BCUT2D eigenvalue weighted by atomic mass is 16.6. The van der Waals surface area contributed by atoms with Gasteiger partial charge in [-0.2, -0.15) is 0 Å². The van der Waals surface area contributed by atoms with E-state index in [1.165, 1.54) is 17.9 Å². The number of ether oxygens (including phenoxy) is 2. The van der Waals surface area contributed by atoms with Crippen molar-refractivity contribution in [3.63, 3.8) is 0 Å². The molecule has 0 saturated carbocycles. The Kier molecular flexibility index (Phi) is 17.1. The highest BCUT2D eigenvalue weighted by Gasteiger charge is 2.34. The molecule has 0 saturated heterocycles. The van der Waals surface area contributed by atoms with Crippen LogP contribution in [0.5, 0.6) is 0 Å². The number of benzene rings is 5. The lowest BCUT2D eigenvalue weighted by atomic mass is 9.98. The number of unbranched alkanes of at least 4 members (excludes halogenated alkanes) is 1. The third kappa shape index (κ3) is 13.7. The fourth-order valence-electron chi connectivity index (χ4n) is 7.20. The smallest absolute Gasteiger partial charge is 0.398 e. The zero-order valence-corrected chi connectivity index (χ0v) is 37.4. The van der Waals surface area contributed by atoms with Gasteiger partial charge in [0, 0.05) is 26.3 Å². The van der Waals surface area contributed by atoms with Crippen molar-refractivity contribution in [2.75, 3.05) is 11.4 Å². The maximum atomic E-state index is 14.4. The number of anilines is 2. The van der Waals surface area contributed by atoms with Gasteiger partial charge in [0.05, 0.1) is 23.0 Å². The third-order valence-corrected chi connectivity index (χ3v) is 10.3. The highest BCUT2D eigenvalue weighted by Crippen LogP contribution is 2.35. The molecule has 12 heteroatoms. The maximum absolute atomic E-state index is 14.4. The van der Waals surface area contributed by atoms with Crippen LogP contribution in [-0.2, 0) is 46.3 Å². The average Bonchev–Trinajstić information content (AvgIpc) is 3.28. The van der Waals surface area contributed by atoms with Gasteiger partial charge in [0.2, 0.25) is 17.7 Å². The van der Waals surface area contributed by atoms with Crippen molar-refractivity contribution in [3.8, 4) is 0 Å². The molecule has 5 rings (SSSR count). The minimum atomic E-state index is -1.13. The fraction of sp³-hybridized carbons (Fsp3) is 0.308. The summed E-state index contributed by atoms with van der Waals surface area (Å²) in [7, 11) is 0. The lowest BCUT2D eigenvalue weighted by Gasteiger charge is -2.29. The van der Waals surface area contributed by atoms with Gasteiger partial charge < -0.3 is 25.4 Å². The van der Waals surface area contributed by atoms with E-state index in [0.717, 1.165) is 16.7 Å². The summed E-state index contributed by atoms with van der Waals surface area (Å²) in [4.78, 5) is 81.8. The molecule has 0 aliphatic rings. The molecule has 4 amide bonds. The van der Waals surface area contributed by atoms with E-state index < -0.39 is 47.4 Å². The molecule has 5 aromatic carbocycles. The number of aryl methyl sites for hydroxylation is 1. The zero-order valence-electron chi connectivity index (χ0n) is 37.4. The van der Waals surface area contributed by atoms with Crippen molar-refractivity contribution < 1.29 is 38.2 Å². The number of carbonyl (C=O) groups is 6. The quantitative estimate of drug-likeness (QED) is 0.0450. The van der Waals surface area contributed by atoms with Crippen LogP contribution in [0.25, 0.3) is 0 Å². The molecule has 3 N–H and O–H groups in total. The van der Waals surface area contributed by atoms with Crippen LogP contribution in [0.3, 0.4) is 0 Å². The number of hydrogen-bond acceptors (Lipinski definition) is 8. The summed E-state index contributed by atoms with van der Waals surface area (Å²) in [6.45, 7) is 10.4. The number of amides is 4. The first-order chi connectivity index (χ1) is 30.6. The fourth-order valence-corrected chi connectivity index (χ4v) is 7.20. The number of nitrogens with one attached hydrogen (secondary N) is 3. The van der Waals surface area contributed by atoms with Gasteiger partial charge >= 0.3 is 17.8 Å². The van der Waals surface area contributed by atoms with E-state index in [0.29, 0.717) is 49.0 Å². The van der Waals surface area contributed by atoms with Crippen molar-refractivity contribution in [1.82, 2.24) is 16.0 Å². The van der Waals surface area contributed by atoms with Gasteiger partial charge in [-0.3, -0.25) is 24.1 Å². The molecule has 0 aromatic heterocycles. The van der Waals surface area contributed by atoms with E-state index in [1.54, 1.807) is 51.1 Å². The summed E-state index contributed by atoms with van der Waals surface area (Å²) in [5.41, 5.74) is 3.23. The van der Waals surface area contributed by atoms with Crippen molar-refractivity contribution in [2.45, 2.75) is 97.4 Å². The molecular weight excluding hydrogens is 809 g/mol. The Bertz CT molecular complexity index is 2340. The molecule has 2 unspecified atom stereocenters. The van der Waals surface area contributed by atoms with Crippen LogP contribution in [0.2, 0.25) is 0 Å². The van der Waals surface area contributed by atoms with Gasteiger partial charge in [-0.25, -0.2) is 9.59 Å². The lowest BCUT2D eigenvalue weighted by Crippen LogP contribution is -2.47. The van der Waals surface area contributed by atoms with Crippen molar-refractivity contribution in [2.24, 2.45) is 0 Å². The van der Waals surface area contributed by atoms with Crippen LogP contribution in [-0.4, -0.2) is 53.8 Å². The second kappa shape index (κ2) is 22.8. The molecule has 5 aromatic rings. The number of hydrogen-bond donors (Lipinski definition) is 3. The summed E-state index contributed by atoms with van der Waals surface area (Å²) < 4.78 is 11.8. The van der Waals surface area contributed by atoms with E-state index in [2.05, 4.69) is 16.0 Å². The van der Waals surface area contributed by atoms with Gasteiger partial charge in [-0.15, -0.1) is 0 Å². The number of para-hydroxylation sites is 1. The summed E-state index contributed by atoms with van der Waals surface area (Å²) in [6, 6.07) is 38.8. The van der Waals surface area contributed by atoms with Crippen LogP contribution in [0.15, 0.2) is 133 Å². The molecule has 334 valence electrons. The molecule has 0 radical (unpaired) electrons. The van der Waals surface area contributed by atoms with Gasteiger partial charge in [0.15, 0.2) is 6.10 Å². The number of nitrogens with zero attached hydrogens (tertiary/aromatic N) is 1. The third-order valence-electron chi connectivity index (χ3n) is 10.3.